The molecule has 0 radical (unpaired) electrons. The lowest BCUT2D eigenvalue weighted by molar-refractivity contribution is 0.0654. The van der Waals surface area contributed by atoms with Crippen LogP contribution in [0.25, 0.3) is 0 Å². The Morgan fingerprint density at radius 3 is 2.84 bits per heavy atom. The lowest BCUT2D eigenvalue weighted by Crippen LogP contribution is -2.36. The first-order valence-electron chi connectivity index (χ1n) is 5.15. The van der Waals surface area contributed by atoms with E-state index in [1.807, 2.05) is 0 Å². The molecule has 2 heterocycles. The predicted octanol–water partition coefficient (Wildman–Crippen LogP) is 0.122. The maximum Gasteiger partial charge on any atom is 0.326 e. The van der Waals surface area contributed by atoms with Crippen LogP contribution in [-0.2, 0) is 19.6 Å². The summed E-state index contributed by atoms with van der Waals surface area (Å²) < 4.78 is 31.0. The molecule has 0 atom stereocenters. The zero-order valence-electron chi connectivity index (χ0n) is 9.87. The van der Waals surface area contributed by atoms with Crippen LogP contribution in [0.3, 0.4) is 0 Å². The van der Waals surface area contributed by atoms with Gasteiger partial charge in [-0.15, -0.1) is 11.3 Å². The van der Waals surface area contributed by atoms with Crippen LogP contribution in [0.1, 0.15) is 10.4 Å². The van der Waals surface area contributed by atoms with E-state index < -0.39 is 16.1 Å². The van der Waals surface area contributed by atoms with Gasteiger partial charge in [-0.2, -0.15) is 0 Å². The summed E-state index contributed by atoms with van der Waals surface area (Å²) in [7, 11) is -4.06. The van der Waals surface area contributed by atoms with Crippen LogP contribution < -0.4 is 10.5 Å². The number of rotatable bonds is 3. The minimum absolute atomic E-state index is 0.0699. The SMILES string of the molecule is Cc1scc(C2=NOCCO2)c1S(=O)(=O)NC(N)=O. The first-order chi connectivity index (χ1) is 8.92. The third-order valence-electron chi connectivity index (χ3n) is 2.21. The van der Waals surface area contributed by atoms with Gasteiger partial charge in [0.05, 0.1) is 5.56 Å². The summed E-state index contributed by atoms with van der Waals surface area (Å²) in [6, 6.07) is -1.15. The number of sulfonamides is 1. The first kappa shape index (κ1) is 13.6. The van der Waals surface area contributed by atoms with Crippen LogP contribution in [0.15, 0.2) is 15.4 Å². The minimum Gasteiger partial charge on any atom is -0.471 e. The number of oxime groups is 1. The molecule has 0 unspecified atom stereocenters. The molecule has 19 heavy (non-hydrogen) atoms. The zero-order chi connectivity index (χ0) is 14.0. The molecule has 1 aromatic heterocycles. The monoisotopic (exact) mass is 305 g/mol. The molecule has 0 spiro atoms. The Balaban J connectivity index is 2.49. The van der Waals surface area contributed by atoms with Gasteiger partial charge < -0.3 is 15.3 Å². The van der Waals surface area contributed by atoms with Crippen molar-refractivity contribution < 1.29 is 22.8 Å². The summed E-state index contributed by atoms with van der Waals surface area (Å²) >= 11 is 1.19. The molecule has 0 saturated heterocycles. The van der Waals surface area contributed by atoms with Crippen molar-refractivity contribution in [3.8, 4) is 0 Å². The fourth-order valence-electron chi connectivity index (χ4n) is 1.54. The fraction of sp³-hybridized carbons (Fsp3) is 0.333. The average molecular weight is 305 g/mol. The topological polar surface area (TPSA) is 120 Å². The summed E-state index contributed by atoms with van der Waals surface area (Å²) in [5.41, 5.74) is 5.10. The third-order valence-corrected chi connectivity index (χ3v) is 4.79. The lowest BCUT2D eigenvalue weighted by Gasteiger charge is -2.14. The van der Waals surface area contributed by atoms with Gasteiger partial charge in [-0.3, -0.25) is 0 Å². The van der Waals surface area contributed by atoms with Gasteiger partial charge in [-0.05, 0) is 12.1 Å². The highest BCUT2D eigenvalue weighted by atomic mass is 32.2. The highest BCUT2D eigenvalue weighted by Crippen LogP contribution is 2.28. The second kappa shape index (κ2) is 5.05. The Morgan fingerprint density at radius 1 is 1.53 bits per heavy atom. The molecule has 10 heteroatoms. The summed E-state index contributed by atoms with van der Waals surface area (Å²) in [6.45, 7) is 2.18. The molecule has 0 saturated carbocycles. The molecule has 1 aliphatic rings. The molecular weight excluding hydrogens is 294 g/mol. The molecule has 1 aliphatic heterocycles. The predicted molar refractivity (Wildman–Crippen MR) is 67.4 cm³/mol. The molecule has 1 aromatic rings. The normalized spacial score (nSPS) is 15.1. The van der Waals surface area contributed by atoms with Crippen molar-refractivity contribution in [1.29, 1.82) is 0 Å². The van der Waals surface area contributed by atoms with Crippen LogP contribution >= 0.6 is 11.3 Å². The van der Waals surface area contributed by atoms with Gasteiger partial charge in [0.25, 0.3) is 15.9 Å². The van der Waals surface area contributed by atoms with Crippen molar-refractivity contribution in [3.63, 3.8) is 0 Å². The summed E-state index contributed by atoms with van der Waals surface area (Å²) in [6.07, 6.45) is 0. The maximum atomic E-state index is 12.0. The summed E-state index contributed by atoms with van der Waals surface area (Å²) in [4.78, 5) is 16.0. The van der Waals surface area contributed by atoms with Crippen LogP contribution in [0.2, 0.25) is 0 Å². The number of carbonyl (C=O) groups is 1. The highest BCUT2D eigenvalue weighted by Gasteiger charge is 2.28. The van der Waals surface area contributed by atoms with Crippen LogP contribution in [0.5, 0.6) is 0 Å². The van der Waals surface area contributed by atoms with E-state index in [1.54, 1.807) is 17.0 Å². The molecule has 0 aromatic carbocycles. The van der Waals surface area contributed by atoms with Crippen molar-refractivity contribution >= 4 is 33.3 Å². The van der Waals surface area contributed by atoms with Gasteiger partial charge in [0.1, 0.15) is 11.5 Å². The number of nitrogens with zero attached hydrogens (tertiary/aromatic N) is 1. The number of nitrogens with one attached hydrogen (secondary N) is 1. The number of aryl methyl sites for hydroxylation is 1. The molecular formula is C9H11N3O5S2. The van der Waals surface area contributed by atoms with Gasteiger partial charge in [-0.25, -0.2) is 17.9 Å². The van der Waals surface area contributed by atoms with Crippen LogP contribution in [0.4, 0.5) is 4.79 Å². The standard InChI is InChI=1S/C9H11N3O5S2/c1-5-7(19(14,15)12-9(10)13)6(4-18-5)8-11-17-3-2-16-8/h4H,2-3H2,1H3,(H3,10,12,13). The van der Waals surface area contributed by atoms with E-state index in [2.05, 4.69) is 5.16 Å². The van der Waals surface area contributed by atoms with Gasteiger partial charge in [-0.1, -0.05) is 0 Å². The number of carbonyl (C=O) groups excluding carboxylic acids is 1. The number of hydrogen-bond acceptors (Lipinski definition) is 7. The van der Waals surface area contributed by atoms with E-state index in [1.165, 1.54) is 11.3 Å². The largest absolute Gasteiger partial charge is 0.471 e. The van der Waals surface area contributed by atoms with Gasteiger partial charge in [0.2, 0.25) is 0 Å². The summed E-state index contributed by atoms with van der Waals surface area (Å²) in [5, 5.41) is 5.23. The quantitative estimate of drug-likeness (QED) is 0.822. The number of ether oxygens (including phenoxy) is 1. The van der Waals surface area contributed by atoms with Crippen molar-refractivity contribution in [2.75, 3.05) is 13.2 Å². The molecule has 0 bridgehead atoms. The third kappa shape index (κ3) is 2.79. The second-order valence-corrected chi connectivity index (χ2v) is 6.29. The molecule has 2 rings (SSSR count). The van der Waals surface area contributed by atoms with Crippen molar-refractivity contribution in [1.82, 2.24) is 4.72 Å². The first-order valence-corrected chi connectivity index (χ1v) is 7.51. The van der Waals surface area contributed by atoms with E-state index >= 15 is 0 Å². The number of hydrogen-bond donors (Lipinski definition) is 2. The van der Waals surface area contributed by atoms with Gasteiger partial charge in [0.15, 0.2) is 6.61 Å². The summed E-state index contributed by atoms with van der Waals surface area (Å²) in [5.74, 6) is 0.0699. The second-order valence-electron chi connectivity index (χ2n) is 3.58. The Bertz CT molecular complexity index is 634. The van der Waals surface area contributed by atoms with E-state index in [0.717, 1.165) is 0 Å². The Kier molecular flexibility index (Phi) is 3.62. The van der Waals surface area contributed by atoms with E-state index in [-0.39, 0.29) is 23.0 Å². The highest BCUT2D eigenvalue weighted by molar-refractivity contribution is 7.90. The Morgan fingerprint density at radius 2 is 2.26 bits per heavy atom. The van der Waals surface area contributed by atoms with Gasteiger partial charge in [0, 0.05) is 10.3 Å². The van der Waals surface area contributed by atoms with Crippen molar-refractivity contribution in [2.45, 2.75) is 11.8 Å². The number of nitrogens with two attached hydrogens (primary N) is 1. The van der Waals surface area contributed by atoms with E-state index in [4.69, 9.17) is 15.3 Å². The fourth-order valence-corrected chi connectivity index (χ4v) is 4.00. The molecule has 0 aliphatic carbocycles. The van der Waals surface area contributed by atoms with Crippen LogP contribution in [0, 0.1) is 6.92 Å². The molecule has 104 valence electrons. The number of amides is 2. The lowest BCUT2D eigenvalue weighted by atomic mass is 10.3. The van der Waals surface area contributed by atoms with E-state index in [0.29, 0.717) is 11.5 Å². The number of urea groups is 1. The number of primary amides is 1. The Hall–Kier alpha value is -1.81. The molecule has 8 nitrogen and oxygen atoms in total. The Labute approximate surface area is 113 Å². The van der Waals surface area contributed by atoms with Crippen LogP contribution in [-0.4, -0.2) is 33.6 Å². The number of thiophene rings is 1. The van der Waals surface area contributed by atoms with Gasteiger partial charge >= 0.3 is 6.03 Å². The maximum absolute atomic E-state index is 12.0. The minimum atomic E-state index is -4.06. The molecule has 0 fully saturated rings. The zero-order valence-corrected chi connectivity index (χ0v) is 11.5. The average Bonchev–Trinajstić information content (AvgIpc) is 2.71. The molecule has 2 amide bonds. The smallest absolute Gasteiger partial charge is 0.326 e. The molecule has 3 N–H and O–H groups in total. The van der Waals surface area contributed by atoms with Crippen molar-refractivity contribution in [3.05, 3.63) is 15.8 Å². The van der Waals surface area contributed by atoms with Crippen molar-refractivity contribution in [2.24, 2.45) is 10.9 Å². The van der Waals surface area contributed by atoms with E-state index in [9.17, 15) is 13.2 Å².